The smallest absolute Gasteiger partial charge is 0.326 e. The van der Waals surface area contributed by atoms with E-state index in [0.717, 1.165) is 49.6 Å². The summed E-state index contributed by atoms with van der Waals surface area (Å²) < 4.78 is 5.48. The number of piperidine rings is 1. The van der Waals surface area contributed by atoms with Gasteiger partial charge in [0, 0.05) is 29.9 Å². The van der Waals surface area contributed by atoms with Gasteiger partial charge in [-0.1, -0.05) is 24.3 Å². The lowest BCUT2D eigenvalue weighted by Gasteiger charge is -2.39. The number of ether oxygens (including phenoxy) is 1. The van der Waals surface area contributed by atoms with E-state index < -0.39 is 0 Å². The Morgan fingerprint density at radius 2 is 1.96 bits per heavy atom. The van der Waals surface area contributed by atoms with Crippen LogP contribution in [-0.4, -0.2) is 44.2 Å². The van der Waals surface area contributed by atoms with E-state index in [0.29, 0.717) is 6.54 Å². The van der Waals surface area contributed by atoms with Gasteiger partial charge in [0.15, 0.2) is 0 Å². The fourth-order valence-corrected chi connectivity index (χ4v) is 4.44. The van der Waals surface area contributed by atoms with E-state index in [4.69, 9.17) is 4.74 Å². The Hall–Kier alpha value is -2.79. The monoisotopic (exact) mass is 377 g/mol. The van der Waals surface area contributed by atoms with Gasteiger partial charge < -0.3 is 10.1 Å². The number of fused-ring (bicyclic) bond motifs is 2. The lowest BCUT2D eigenvalue weighted by Crippen LogP contribution is -2.46. The van der Waals surface area contributed by atoms with Gasteiger partial charge in [-0.2, -0.15) is 0 Å². The number of likely N-dealkylation sites (tertiary alicyclic amines) is 1. The van der Waals surface area contributed by atoms with E-state index in [1.807, 2.05) is 53.4 Å². The normalized spacial score (nSPS) is 18.0. The molecule has 2 aliphatic rings. The number of carbonyl (C=O) groups is 1. The molecular weight excluding hydrogens is 350 g/mol. The number of urea groups is 1. The highest BCUT2D eigenvalue weighted by atomic mass is 16.5. The maximum Gasteiger partial charge on any atom is 0.326 e. The predicted octanol–water partition coefficient (Wildman–Crippen LogP) is 4.27. The molecule has 1 N–H and O–H groups in total. The second-order valence-corrected chi connectivity index (χ2v) is 7.64. The summed E-state index contributed by atoms with van der Waals surface area (Å²) in [6, 6.07) is 15.6. The minimum Gasteiger partial charge on any atom is -0.497 e. The zero-order valence-corrected chi connectivity index (χ0v) is 16.4. The fourth-order valence-electron chi connectivity index (χ4n) is 4.44. The molecule has 1 spiro atoms. The molecule has 28 heavy (non-hydrogen) atoms. The van der Waals surface area contributed by atoms with E-state index >= 15 is 0 Å². The number of rotatable bonds is 4. The van der Waals surface area contributed by atoms with Crippen molar-refractivity contribution in [1.82, 2.24) is 4.90 Å². The van der Waals surface area contributed by atoms with Crippen LogP contribution in [0, 0.1) is 0 Å². The number of nitrogens with one attached hydrogen (secondary N) is 1. The first-order chi connectivity index (χ1) is 13.6. The molecule has 2 aromatic carbocycles. The van der Waals surface area contributed by atoms with Crippen molar-refractivity contribution >= 4 is 17.4 Å². The molecule has 4 rings (SSSR count). The van der Waals surface area contributed by atoms with Crippen LogP contribution >= 0.6 is 0 Å². The molecule has 5 heteroatoms. The van der Waals surface area contributed by atoms with Gasteiger partial charge in [-0.3, -0.25) is 9.80 Å². The molecule has 0 bridgehead atoms. The first-order valence-electron chi connectivity index (χ1n) is 9.80. The van der Waals surface area contributed by atoms with Crippen LogP contribution in [0.15, 0.2) is 61.2 Å². The topological polar surface area (TPSA) is 44.8 Å². The van der Waals surface area contributed by atoms with E-state index in [9.17, 15) is 4.79 Å². The third kappa shape index (κ3) is 3.38. The summed E-state index contributed by atoms with van der Waals surface area (Å²) in [6.45, 7) is 7.50. The minimum absolute atomic E-state index is 0.0183. The Bertz CT molecular complexity index is 857. The first-order valence-corrected chi connectivity index (χ1v) is 9.80. The largest absolute Gasteiger partial charge is 0.497 e. The van der Waals surface area contributed by atoms with Crippen LogP contribution in [0.5, 0.6) is 5.75 Å². The van der Waals surface area contributed by atoms with Crippen molar-refractivity contribution in [2.45, 2.75) is 18.3 Å². The lowest BCUT2D eigenvalue weighted by molar-refractivity contribution is 0.180. The van der Waals surface area contributed by atoms with Crippen LogP contribution in [0.3, 0.4) is 0 Å². The minimum atomic E-state index is -0.0805. The second-order valence-electron chi connectivity index (χ2n) is 7.64. The number of hydrogen-bond acceptors (Lipinski definition) is 3. The van der Waals surface area contributed by atoms with Crippen LogP contribution in [0.4, 0.5) is 16.2 Å². The van der Waals surface area contributed by atoms with Crippen molar-refractivity contribution in [3.05, 3.63) is 66.7 Å². The zero-order valence-electron chi connectivity index (χ0n) is 16.4. The molecular formula is C23H27N3O2. The zero-order chi connectivity index (χ0) is 19.6. The molecule has 0 atom stereocenters. The summed E-state index contributed by atoms with van der Waals surface area (Å²) in [5.74, 6) is 0.844. The molecule has 0 aliphatic carbocycles. The van der Waals surface area contributed by atoms with Crippen molar-refractivity contribution in [3.63, 3.8) is 0 Å². The van der Waals surface area contributed by atoms with Crippen LogP contribution in [0.25, 0.3) is 0 Å². The summed E-state index contributed by atoms with van der Waals surface area (Å²) in [6.07, 6.45) is 4.01. The molecule has 2 aliphatic heterocycles. The Balaban J connectivity index is 1.62. The van der Waals surface area contributed by atoms with E-state index in [1.54, 1.807) is 7.11 Å². The maximum absolute atomic E-state index is 13.1. The van der Waals surface area contributed by atoms with Gasteiger partial charge in [0.1, 0.15) is 5.75 Å². The van der Waals surface area contributed by atoms with E-state index in [-0.39, 0.29) is 11.4 Å². The fraction of sp³-hybridized carbons (Fsp3) is 0.348. The van der Waals surface area contributed by atoms with Crippen LogP contribution in [0.2, 0.25) is 0 Å². The Morgan fingerprint density at radius 1 is 1.21 bits per heavy atom. The molecule has 5 nitrogen and oxygen atoms in total. The van der Waals surface area contributed by atoms with Gasteiger partial charge in [0.05, 0.1) is 7.11 Å². The number of benzene rings is 2. The number of anilines is 2. The highest BCUT2D eigenvalue weighted by molar-refractivity contribution is 6.03. The molecule has 1 saturated heterocycles. The average Bonchev–Trinajstić information content (AvgIpc) is 3.04. The highest BCUT2D eigenvalue weighted by Gasteiger charge is 2.46. The van der Waals surface area contributed by atoms with Gasteiger partial charge in [-0.25, -0.2) is 4.79 Å². The van der Waals surface area contributed by atoms with Gasteiger partial charge >= 0.3 is 6.03 Å². The molecule has 146 valence electrons. The molecule has 0 radical (unpaired) electrons. The Kier molecular flexibility index (Phi) is 5.09. The number of amides is 2. The maximum atomic E-state index is 13.1. The molecule has 2 amide bonds. The summed E-state index contributed by atoms with van der Waals surface area (Å²) in [7, 11) is 1.69. The number of hydrogen-bond donors (Lipinski definition) is 1. The summed E-state index contributed by atoms with van der Waals surface area (Å²) in [5, 5.41) is 3.04. The number of para-hydroxylation sites is 1. The van der Waals surface area contributed by atoms with Gasteiger partial charge in [-0.15, -0.1) is 6.58 Å². The third-order valence-electron chi connectivity index (χ3n) is 6.00. The molecule has 0 unspecified atom stereocenters. The first kappa shape index (κ1) is 18.6. The summed E-state index contributed by atoms with van der Waals surface area (Å²) in [4.78, 5) is 17.4. The van der Waals surface area contributed by atoms with Crippen LogP contribution < -0.4 is 15.0 Å². The standard InChI is InChI=1S/C23H27N3O2/c1-3-13-25-14-11-23(12-15-25)17-26(21-10-9-19(28-2)16-20(21)23)22(27)24-18-7-5-4-6-8-18/h3-10,16H,1,11-15,17H2,2H3,(H,24,27). The van der Waals surface area contributed by atoms with Crippen LogP contribution in [-0.2, 0) is 5.41 Å². The van der Waals surface area contributed by atoms with Crippen molar-refractivity contribution in [2.24, 2.45) is 0 Å². The molecule has 0 saturated carbocycles. The quantitative estimate of drug-likeness (QED) is 0.810. The van der Waals surface area contributed by atoms with Crippen molar-refractivity contribution < 1.29 is 9.53 Å². The molecule has 2 aromatic rings. The highest BCUT2D eigenvalue weighted by Crippen LogP contribution is 2.48. The number of carbonyl (C=O) groups excluding carboxylic acids is 1. The summed E-state index contributed by atoms with van der Waals surface area (Å²) in [5.41, 5.74) is 3.01. The van der Waals surface area contributed by atoms with E-state index in [2.05, 4.69) is 22.9 Å². The number of methoxy groups -OCH3 is 1. The number of nitrogens with zero attached hydrogens (tertiary/aromatic N) is 2. The Morgan fingerprint density at radius 3 is 2.64 bits per heavy atom. The molecule has 1 fully saturated rings. The van der Waals surface area contributed by atoms with Gasteiger partial charge in [0.25, 0.3) is 0 Å². The molecule has 2 heterocycles. The second kappa shape index (κ2) is 7.68. The van der Waals surface area contributed by atoms with Crippen LogP contribution in [0.1, 0.15) is 18.4 Å². The van der Waals surface area contributed by atoms with Crippen molar-refractivity contribution in [1.29, 1.82) is 0 Å². The Labute approximate surface area is 166 Å². The lowest BCUT2D eigenvalue weighted by atomic mass is 9.74. The molecule has 0 aromatic heterocycles. The third-order valence-corrected chi connectivity index (χ3v) is 6.00. The predicted molar refractivity (Wildman–Crippen MR) is 113 cm³/mol. The van der Waals surface area contributed by atoms with E-state index in [1.165, 1.54) is 5.56 Å². The average molecular weight is 377 g/mol. The van der Waals surface area contributed by atoms with Crippen molar-refractivity contribution in [3.8, 4) is 5.75 Å². The van der Waals surface area contributed by atoms with Crippen molar-refractivity contribution in [2.75, 3.05) is 43.5 Å². The summed E-state index contributed by atoms with van der Waals surface area (Å²) >= 11 is 0. The SMILES string of the molecule is C=CCN1CCC2(CC1)CN(C(=O)Nc1ccccc1)c1ccc(OC)cc12. The van der Waals surface area contributed by atoms with Gasteiger partial charge in [0.2, 0.25) is 0 Å². The van der Waals surface area contributed by atoms with Gasteiger partial charge in [-0.05, 0) is 61.8 Å².